The van der Waals surface area contributed by atoms with Gasteiger partial charge in [0.25, 0.3) is 5.91 Å². The predicted molar refractivity (Wildman–Crippen MR) is 203 cm³/mol. The number of fused-ring (bicyclic) bond motifs is 5. The Labute approximate surface area is 313 Å². The van der Waals surface area contributed by atoms with Gasteiger partial charge in [-0.15, -0.1) is 0 Å². The number of hydrogen-bond acceptors (Lipinski definition) is 9. The van der Waals surface area contributed by atoms with E-state index in [0.717, 1.165) is 75.6 Å². The molecule has 0 aromatic heterocycles. The van der Waals surface area contributed by atoms with Crippen molar-refractivity contribution >= 4 is 33.2 Å². The van der Waals surface area contributed by atoms with Crippen molar-refractivity contribution in [2.45, 2.75) is 74.7 Å². The molecule has 8 rings (SSSR count). The second-order valence-electron chi connectivity index (χ2n) is 16.5. The van der Waals surface area contributed by atoms with Gasteiger partial charge in [0.15, 0.2) is 0 Å². The number of aryl methyl sites for hydroxylation is 1. The molecule has 2 bridgehead atoms. The van der Waals surface area contributed by atoms with Crippen molar-refractivity contribution < 1.29 is 27.8 Å². The minimum atomic E-state index is -3.98. The number of piperazine rings is 1. The SMILES string of the molecule is C[C@@H]1[C@@H](C)C/C=C\[C@](O)(CN2CCN3CCOC[C@@H]3C2)[C@@H]2CC[C@H]2CN2C[C@@]3(CCCc4cc(Cl)ccc43)COc3ccc(cc32)C(=O)NS1(=O)=O. The molecule has 3 fully saturated rings. The number of carbonyl (C=O) groups is 1. The smallest absolute Gasteiger partial charge is 0.264 e. The molecule has 52 heavy (non-hydrogen) atoms. The van der Waals surface area contributed by atoms with Crippen LogP contribution in [0, 0.1) is 17.8 Å². The lowest BCUT2D eigenvalue weighted by molar-refractivity contribution is -0.0902. The number of aliphatic hydroxyl groups is 1. The average molecular weight is 753 g/mol. The molecule has 1 spiro atoms. The van der Waals surface area contributed by atoms with Crippen LogP contribution in [0.1, 0.15) is 67.4 Å². The van der Waals surface area contributed by atoms with Crippen LogP contribution < -0.4 is 14.4 Å². The molecule has 10 nitrogen and oxygen atoms in total. The molecule has 12 heteroatoms. The summed E-state index contributed by atoms with van der Waals surface area (Å²) in [7, 11) is -3.98. The van der Waals surface area contributed by atoms with Crippen molar-refractivity contribution in [1.82, 2.24) is 14.5 Å². The van der Waals surface area contributed by atoms with Gasteiger partial charge in [0.2, 0.25) is 10.0 Å². The number of anilines is 1. The molecule has 2 N–H and O–H groups in total. The van der Waals surface area contributed by atoms with Crippen LogP contribution >= 0.6 is 11.6 Å². The van der Waals surface area contributed by atoms with Gasteiger partial charge in [0, 0.05) is 67.9 Å². The van der Waals surface area contributed by atoms with E-state index in [1.165, 1.54) is 11.1 Å². The highest BCUT2D eigenvalue weighted by Gasteiger charge is 2.49. The number of amides is 1. The summed E-state index contributed by atoms with van der Waals surface area (Å²) >= 11 is 6.48. The van der Waals surface area contributed by atoms with Gasteiger partial charge >= 0.3 is 0 Å². The number of halogens is 1. The minimum Gasteiger partial charge on any atom is -0.490 e. The van der Waals surface area contributed by atoms with Crippen LogP contribution in [0.3, 0.4) is 0 Å². The maximum Gasteiger partial charge on any atom is 0.264 e. The van der Waals surface area contributed by atoms with Gasteiger partial charge < -0.3 is 19.5 Å². The molecule has 282 valence electrons. The summed E-state index contributed by atoms with van der Waals surface area (Å²) in [6.07, 6.45) is 9.26. The zero-order chi connectivity index (χ0) is 36.3. The maximum absolute atomic E-state index is 13.6. The van der Waals surface area contributed by atoms with Crippen LogP contribution in [0.15, 0.2) is 48.6 Å². The number of benzene rings is 2. The number of nitrogens with one attached hydrogen (secondary N) is 1. The Morgan fingerprint density at radius 3 is 2.77 bits per heavy atom. The first-order valence-electron chi connectivity index (χ1n) is 19.2. The summed E-state index contributed by atoms with van der Waals surface area (Å²) in [5.74, 6) is -0.0210. The van der Waals surface area contributed by atoms with Gasteiger partial charge in [-0.25, -0.2) is 13.1 Å². The first-order chi connectivity index (χ1) is 24.9. The van der Waals surface area contributed by atoms with Crippen LogP contribution in [-0.2, 0) is 26.6 Å². The van der Waals surface area contributed by atoms with Crippen molar-refractivity contribution in [2.24, 2.45) is 17.8 Å². The number of sulfonamides is 1. The van der Waals surface area contributed by atoms with E-state index in [-0.39, 0.29) is 28.7 Å². The first-order valence-corrected chi connectivity index (χ1v) is 21.2. The maximum atomic E-state index is 13.6. The van der Waals surface area contributed by atoms with Gasteiger partial charge in [0.1, 0.15) is 5.75 Å². The van der Waals surface area contributed by atoms with Gasteiger partial charge in [-0.1, -0.05) is 36.7 Å². The van der Waals surface area contributed by atoms with E-state index in [2.05, 4.69) is 31.6 Å². The highest BCUT2D eigenvalue weighted by Crippen LogP contribution is 2.48. The zero-order valence-electron chi connectivity index (χ0n) is 30.4. The molecule has 0 radical (unpaired) electrons. The molecule has 0 unspecified atom stereocenters. The molecule has 1 amide bonds. The molecule has 2 aromatic carbocycles. The third-order valence-corrected chi connectivity index (χ3v) is 15.4. The first kappa shape index (κ1) is 36.3. The van der Waals surface area contributed by atoms with Crippen LogP contribution in [0.5, 0.6) is 5.75 Å². The number of carbonyl (C=O) groups excluding carboxylic acids is 1. The number of nitrogens with zero attached hydrogens (tertiary/aromatic N) is 3. The van der Waals surface area contributed by atoms with Gasteiger partial charge in [-0.3, -0.25) is 14.6 Å². The summed E-state index contributed by atoms with van der Waals surface area (Å²) in [4.78, 5) is 20.9. The Morgan fingerprint density at radius 1 is 1.08 bits per heavy atom. The summed E-state index contributed by atoms with van der Waals surface area (Å²) in [6.45, 7) is 11.0. The van der Waals surface area contributed by atoms with Crippen molar-refractivity contribution in [3.05, 3.63) is 70.3 Å². The Bertz CT molecular complexity index is 1820. The van der Waals surface area contributed by atoms with E-state index >= 15 is 0 Å². The van der Waals surface area contributed by atoms with Crippen molar-refractivity contribution in [3.8, 4) is 5.75 Å². The van der Waals surface area contributed by atoms with Crippen molar-refractivity contribution in [3.63, 3.8) is 0 Å². The highest BCUT2D eigenvalue weighted by molar-refractivity contribution is 7.90. The minimum absolute atomic E-state index is 0.0151. The fourth-order valence-corrected chi connectivity index (χ4v) is 11.3. The molecule has 1 saturated carbocycles. The van der Waals surface area contributed by atoms with Crippen LogP contribution in [0.4, 0.5) is 5.69 Å². The lowest BCUT2D eigenvalue weighted by Gasteiger charge is -2.51. The lowest BCUT2D eigenvalue weighted by Crippen LogP contribution is -2.62. The van der Waals surface area contributed by atoms with Crippen molar-refractivity contribution in [2.75, 3.05) is 70.5 Å². The van der Waals surface area contributed by atoms with Crippen LogP contribution in [-0.4, -0.2) is 112 Å². The lowest BCUT2D eigenvalue weighted by atomic mass is 9.63. The van der Waals surface area contributed by atoms with E-state index < -0.39 is 26.8 Å². The quantitative estimate of drug-likeness (QED) is 0.425. The van der Waals surface area contributed by atoms with E-state index in [1.54, 1.807) is 19.1 Å². The molecule has 4 aliphatic heterocycles. The summed E-state index contributed by atoms with van der Waals surface area (Å²) < 4.78 is 42.0. The third-order valence-electron chi connectivity index (χ3n) is 13.3. The van der Waals surface area contributed by atoms with E-state index in [0.29, 0.717) is 51.1 Å². The number of rotatable bonds is 2. The van der Waals surface area contributed by atoms with Crippen molar-refractivity contribution in [1.29, 1.82) is 0 Å². The normalized spacial score (nSPS) is 35.9. The Morgan fingerprint density at radius 2 is 1.94 bits per heavy atom. The standard InChI is InChI=1S/C40H53ClN4O6S/c1-27-5-3-14-40(47,25-43-15-16-44-17-18-50-23-33(44)22-43)35-10-7-31(35)21-45-24-39(13-4-6-29-19-32(41)9-11-34(29)39)26-51-37-12-8-30(20-36(37)45)38(46)42-52(48,49)28(27)2/h3,8-9,11-12,14,19-20,27-28,31,33,35,47H,4-7,10,13,15-18,21-26H2,1-2H3,(H,42,46)/b14-3-/t27-,28+,31-,33-,35+,39-,40-/m0/s1. The monoisotopic (exact) mass is 752 g/mol. The van der Waals surface area contributed by atoms with Gasteiger partial charge in [-0.05, 0) is 105 Å². The van der Waals surface area contributed by atoms with Crippen LogP contribution in [0.25, 0.3) is 0 Å². The molecule has 7 atom stereocenters. The molecule has 6 aliphatic rings. The molecular formula is C40H53ClN4O6S. The third kappa shape index (κ3) is 6.90. The summed E-state index contributed by atoms with van der Waals surface area (Å²) in [5.41, 5.74) is 2.18. The highest BCUT2D eigenvalue weighted by atomic mass is 35.5. The predicted octanol–water partition coefficient (Wildman–Crippen LogP) is 4.63. The largest absolute Gasteiger partial charge is 0.490 e. The number of hydrogen-bond donors (Lipinski definition) is 2. The van der Waals surface area contributed by atoms with Crippen LogP contribution in [0.2, 0.25) is 5.02 Å². The number of allylic oxidation sites excluding steroid dienone is 1. The fourth-order valence-electron chi connectivity index (χ4n) is 9.86. The Balaban J connectivity index is 1.17. The Hall–Kier alpha value is -2.67. The second-order valence-corrected chi connectivity index (χ2v) is 19.0. The number of ether oxygens (including phenoxy) is 2. The topological polar surface area (TPSA) is 112 Å². The number of morpholine rings is 1. The van der Waals surface area contributed by atoms with Gasteiger partial charge in [-0.2, -0.15) is 0 Å². The molecule has 2 aliphatic carbocycles. The zero-order valence-corrected chi connectivity index (χ0v) is 32.0. The summed E-state index contributed by atoms with van der Waals surface area (Å²) in [6, 6.07) is 11.8. The molecule has 4 heterocycles. The fraction of sp³-hybridized carbons (Fsp3) is 0.625. The molecule has 2 saturated heterocycles. The second kappa shape index (κ2) is 14.2. The van der Waals surface area contributed by atoms with E-state index in [1.807, 2.05) is 31.2 Å². The van der Waals surface area contributed by atoms with E-state index in [4.69, 9.17) is 21.1 Å². The average Bonchev–Trinajstić information content (AvgIpc) is 3.25. The molecular weight excluding hydrogens is 700 g/mol. The molecule has 2 aromatic rings. The van der Waals surface area contributed by atoms with E-state index in [9.17, 15) is 18.3 Å². The summed E-state index contributed by atoms with van der Waals surface area (Å²) in [5, 5.41) is 12.7. The van der Waals surface area contributed by atoms with Gasteiger partial charge in [0.05, 0.1) is 36.4 Å². The number of β-amino-alcohol motifs (C(OH)–C–C–N with tert-alkyl or cyclic N) is 1. The Kier molecular flexibility index (Phi) is 9.91.